The average Bonchev–Trinajstić information content (AvgIpc) is 2.77. The number of fused-ring (bicyclic) bond motifs is 1. The molecule has 0 spiro atoms. The summed E-state index contributed by atoms with van der Waals surface area (Å²) >= 11 is 0. The molecule has 0 aliphatic carbocycles. The summed E-state index contributed by atoms with van der Waals surface area (Å²) in [5.74, 6) is 1.34. The molecule has 0 aliphatic rings. The number of pyridine rings is 1. The molecule has 7 nitrogen and oxygen atoms in total. The zero-order chi connectivity index (χ0) is 21.7. The summed E-state index contributed by atoms with van der Waals surface area (Å²) in [5.41, 5.74) is 2.62. The Kier molecular flexibility index (Phi) is 6.74. The summed E-state index contributed by atoms with van der Waals surface area (Å²) in [6, 6.07) is 12.8. The Balaban J connectivity index is 2.15. The van der Waals surface area contributed by atoms with Crippen LogP contribution in [0.2, 0.25) is 0 Å². The van der Waals surface area contributed by atoms with Crippen molar-refractivity contribution in [2.45, 2.75) is 13.0 Å². The van der Waals surface area contributed by atoms with E-state index in [0.717, 1.165) is 10.9 Å². The van der Waals surface area contributed by atoms with Gasteiger partial charge in [0.2, 0.25) is 5.75 Å². The van der Waals surface area contributed by atoms with Gasteiger partial charge in [0.05, 0.1) is 44.7 Å². The number of methoxy groups -OCH3 is 4. The predicted octanol–water partition coefficient (Wildman–Crippen LogP) is 3.69. The van der Waals surface area contributed by atoms with Gasteiger partial charge in [0.1, 0.15) is 0 Å². The third kappa shape index (κ3) is 4.31. The van der Waals surface area contributed by atoms with Gasteiger partial charge in [0, 0.05) is 24.1 Å². The molecule has 1 amide bonds. The van der Waals surface area contributed by atoms with E-state index in [1.165, 1.54) is 0 Å². The number of hydrogen-bond donors (Lipinski definition) is 1. The van der Waals surface area contributed by atoms with Gasteiger partial charge >= 0.3 is 0 Å². The van der Waals surface area contributed by atoms with Gasteiger partial charge in [-0.25, -0.2) is 4.98 Å². The third-order valence-electron chi connectivity index (χ3n) is 4.72. The number of para-hydroxylation sites is 1. The molecular formula is C23H26N2O5. The SMILES string of the molecule is COC[C@H](C)NC(=O)c1cc(-c2cc(OC)c(OC)c(OC)c2)nc2ccccc12. The lowest BCUT2D eigenvalue weighted by atomic mass is 10.0. The number of ether oxygens (including phenoxy) is 4. The molecule has 3 rings (SSSR count). The lowest BCUT2D eigenvalue weighted by Crippen LogP contribution is -2.35. The standard InChI is InChI=1S/C23H26N2O5/c1-14(13-27-2)24-23(26)17-12-19(25-18-9-7-6-8-16(17)18)15-10-20(28-3)22(30-5)21(11-15)29-4/h6-12,14H,13H2,1-5H3,(H,24,26)/t14-/m0/s1. The molecule has 0 unspecified atom stereocenters. The van der Waals surface area contributed by atoms with Crippen molar-refractivity contribution in [1.29, 1.82) is 0 Å². The van der Waals surface area contributed by atoms with Gasteiger partial charge in [-0.1, -0.05) is 18.2 Å². The second-order valence-electron chi connectivity index (χ2n) is 6.82. The van der Waals surface area contributed by atoms with E-state index in [-0.39, 0.29) is 11.9 Å². The van der Waals surface area contributed by atoms with Gasteiger partial charge in [0.15, 0.2) is 11.5 Å². The highest BCUT2D eigenvalue weighted by Gasteiger charge is 2.19. The summed E-state index contributed by atoms with van der Waals surface area (Å²) < 4.78 is 21.4. The van der Waals surface area contributed by atoms with E-state index in [0.29, 0.717) is 40.6 Å². The highest BCUT2D eigenvalue weighted by atomic mass is 16.5. The molecule has 0 fully saturated rings. The number of aromatic nitrogens is 1. The fourth-order valence-electron chi connectivity index (χ4n) is 3.33. The molecule has 2 aromatic carbocycles. The molecule has 1 N–H and O–H groups in total. The highest BCUT2D eigenvalue weighted by molar-refractivity contribution is 6.07. The number of carbonyl (C=O) groups is 1. The third-order valence-corrected chi connectivity index (χ3v) is 4.72. The maximum absolute atomic E-state index is 13.0. The van der Waals surface area contributed by atoms with Crippen LogP contribution < -0.4 is 19.5 Å². The normalized spacial score (nSPS) is 11.8. The van der Waals surface area contributed by atoms with Crippen LogP contribution in [0.3, 0.4) is 0 Å². The van der Waals surface area contributed by atoms with Gasteiger partial charge in [0.25, 0.3) is 5.91 Å². The lowest BCUT2D eigenvalue weighted by Gasteiger charge is -2.16. The van der Waals surface area contributed by atoms with E-state index in [1.807, 2.05) is 43.3 Å². The molecule has 1 heterocycles. The molecule has 0 aliphatic heterocycles. The maximum atomic E-state index is 13.0. The van der Waals surface area contributed by atoms with Gasteiger partial charge in [-0.05, 0) is 31.2 Å². The number of benzene rings is 2. The van der Waals surface area contributed by atoms with Gasteiger partial charge in [-0.2, -0.15) is 0 Å². The molecule has 0 saturated carbocycles. The van der Waals surface area contributed by atoms with Crippen molar-refractivity contribution in [2.24, 2.45) is 0 Å². The van der Waals surface area contributed by atoms with E-state index in [2.05, 4.69) is 5.32 Å². The Morgan fingerprint density at radius 3 is 2.27 bits per heavy atom. The summed E-state index contributed by atoms with van der Waals surface area (Å²) in [4.78, 5) is 17.8. The van der Waals surface area contributed by atoms with Crippen LogP contribution in [0.15, 0.2) is 42.5 Å². The van der Waals surface area contributed by atoms with Gasteiger partial charge in [-0.15, -0.1) is 0 Å². The van der Waals surface area contributed by atoms with Crippen LogP contribution in [0.4, 0.5) is 0 Å². The van der Waals surface area contributed by atoms with Gasteiger partial charge in [-0.3, -0.25) is 4.79 Å². The van der Waals surface area contributed by atoms with E-state index < -0.39 is 0 Å². The van der Waals surface area contributed by atoms with Crippen LogP contribution in [0.1, 0.15) is 17.3 Å². The fourth-order valence-corrected chi connectivity index (χ4v) is 3.33. The Labute approximate surface area is 175 Å². The minimum Gasteiger partial charge on any atom is -0.493 e. The Bertz CT molecular complexity index is 1030. The summed E-state index contributed by atoms with van der Waals surface area (Å²) in [6.07, 6.45) is 0. The number of carbonyl (C=O) groups excluding carboxylic acids is 1. The van der Waals surface area contributed by atoms with E-state index in [4.69, 9.17) is 23.9 Å². The molecule has 1 aromatic heterocycles. The van der Waals surface area contributed by atoms with Gasteiger partial charge < -0.3 is 24.3 Å². The molecule has 7 heteroatoms. The molecule has 0 radical (unpaired) electrons. The highest BCUT2D eigenvalue weighted by Crippen LogP contribution is 2.41. The van der Waals surface area contributed by atoms with Crippen LogP contribution in [-0.4, -0.2) is 52.0 Å². The summed E-state index contributed by atoms with van der Waals surface area (Å²) in [5, 5.41) is 3.74. The van der Waals surface area contributed by atoms with E-state index in [9.17, 15) is 4.79 Å². The molecule has 158 valence electrons. The lowest BCUT2D eigenvalue weighted by molar-refractivity contribution is 0.0907. The number of hydrogen-bond acceptors (Lipinski definition) is 6. The van der Waals surface area contributed by atoms with Crippen molar-refractivity contribution >= 4 is 16.8 Å². The van der Waals surface area contributed by atoms with Crippen LogP contribution in [-0.2, 0) is 4.74 Å². The second-order valence-corrected chi connectivity index (χ2v) is 6.82. The van der Waals surface area contributed by atoms with Crippen LogP contribution >= 0.6 is 0 Å². The second kappa shape index (κ2) is 9.45. The molecule has 3 aromatic rings. The smallest absolute Gasteiger partial charge is 0.252 e. The van der Waals surface area contributed by atoms with Crippen molar-refractivity contribution in [3.63, 3.8) is 0 Å². The minimum absolute atomic E-state index is 0.126. The quantitative estimate of drug-likeness (QED) is 0.610. The Morgan fingerprint density at radius 1 is 1.00 bits per heavy atom. The zero-order valence-electron chi connectivity index (χ0n) is 17.8. The van der Waals surface area contributed by atoms with Crippen molar-refractivity contribution in [2.75, 3.05) is 35.0 Å². The average molecular weight is 410 g/mol. The topological polar surface area (TPSA) is 78.9 Å². The predicted molar refractivity (Wildman–Crippen MR) is 116 cm³/mol. The first-order chi connectivity index (χ1) is 14.5. The summed E-state index contributed by atoms with van der Waals surface area (Å²) in [6.45, 7) is 2.32. The van der Waals surface area contributed by atoms with E-state index in [1.54, 1.807) is 34.5 Å². The zero-order valence-corrected chi connectivity index (χ0v) is 17.8. The number of nitrogens with one attached hydrogen (secondary N) is 1. The molecular weight excluding hydrogens is 384 g/mol. The Hall–Kier alpha value is -3.32. The van der Waals surface area contributed by atoms with Crippen LogP contribution in [0.5, 0.6) is 17.2 Å². The van der Waals surface area contributed by atoms with Crippen molar-refractivity contribution in [3.8, 4) is 28.5 Å². The number of rotatable bonds is 8. The van der Waals surface area contributed by atoms with Crippen molar-refractivity contribution < 1.29 is 23.7 Å². The fraction of sp³-hybridized carbons (Fsp3) is 0.304. The van der Waals surface area contributed by atoms with Crippen molar-refractivity contribution in [3.05, 3.63) is 48.0 Å². The molecule has 30 heavy (non-hydrogen) atoms. The molecule has 0 bridgehead atoms. The summed E-state index contributed by atoms with van der Waals surface area (Å²) in [7, 11) is 6.28. The first kappa shape index (κ1) is 21.4. The minimum atomic E-state index is -0.188. The monoisotopic (exact) mass is 410 g/mol. The largest absolute Gasteiger partial charge is 0.493 e. The number of nitrogens with zero attached hydrogens (tertiary/aromatic N) is 1. The van der Waals surface area contributed by atoms with Crippen molar-refractivity contribution in [1.82, 2.24) is 10.3 Å². The molecule has 1 atom stereocenters. The molecule has 0 saturated heterocycles. The maximum Gasteiger partial charge on any atom is 0.252 e. The Morgan fingerprint density at radius 2 is 1.67 bits per heavy atom. The van der Waals surface area contributed by atoms with Crippen LogP contribution in [0.25, 0.3) is 22.2 Å². The first-order valence-electron chi connectivity index (χ1n) is 9.52. The van der Waals surface area contributed by atoms with E-state index >= 15 is 0 Å². The first-order valence-corrected chi connectivity index (χ1v) is 9.52. The number of amides is 1. The van der Waals surface area contributed by atoms with Crippen LogP contribution in [0, 0.1) is 0 Å².